The highest BCUT2D eigenvalue weighted by molar-refractivity contribution is 9.11. The summed E-state index contributed by atoms with van der Waals surface area (Å²) >= 11 is 6.69. The predicted molar refractivity (Wildman–Crippen MR) is 87.6 cm³/mol. The van der Waals surface area contributed by atoms with Crippen molar-refractivity contribution in [1.82, 2.24) is 0 Å². The topological polar surface area (TPSA) is 66.4 Å². The molecule has 1 amide bonds. The maximum Gasteiger partial charge on any atom is 0.335 e. The standard InChI is InChI=1S/C15H11Br2NO3/c16-10-5-6-13(12(17)8-10)18-14(19)7-9-3-1-2-4-11(9)15(20)21/h1-6,8H,7H2,(H,18,19)(H,20,21). The van der Waals surface area contributed by atoms with E-state index in [0.29, 0.717) is 11.3 Å². The summed E-state index contributed by atoms with van der Waals surface area (Å²) in [6, 6.07) is 11.9. The molecule has 2 aromatic rings. The molecular formula is C15H11Br2NO3. The van der Waals surface area contributed by atoms with Gasteiger partial charge in [-0.15, -0.1) is 0 Å². The van der Waals surface area contributed by atoms with Crippen molar-refractivity contribution < 1.29 is 14.7 Å². The molecule has 0 unspecified atom stereocenters. The van der Waals surface area contributed by atoms with Gasteiger partial charge in [-0.1, -0.05) is 34.1 Å². The van der Waals surface area contributed by atoms with Gasteiger partial charge in [0.05, 0.1) is 17.7 Å². The maximum absolute atomic E-state index is 12.1. The second-order valence-electron chi connectivity index (χ2n) is 4.31. The van der Waals surface area contributed by atoms with Crippen molar-refractivity contribution in [2.45, 2.75) is 6.42 Å². The Morgan fingerprint density at radius 1 is 1.10 bits per heavy atom. The van der Waals surface area contributed by atoms with Crippen LogP contribution in [0.25, 0.3) is 0 Å². The van der Waals surface area contributed by atoms with Gasteiger partial charge in [-0.2, -0.15) is 0 Å². The van der Waals surface area contributed by atoms with Gasteiger partial charge in [0.25, 0.3) is 0 Å². The molecule has 0 spiro atoms. The van der Waals surface area contributed by atoms with E-state index in [1.807, 2.05) is 12.1 Å². The quantitative estimate of drug-likeness (QED) is 0.794. The minimum absolute atomic E-state index is 0.00494. The lowest BCUT2D eigenvalue weighted by molar-refractivity contribution is -0.115. The van der Waals surface area contributed by atoms with Gasteiger partial charge >= 0.3 is 5.97 Å². The lowest BCUT2D eigenvalue weighted by Gasteiger charge is -2.09. The number of aromatic carboxylic acids is 1. The van der Waals surface area contributed by atoms with E-state index in [1.165, 1.54) is 6.07 Å². The maximum atomic E-state index is 12.1. The lowest BCUT2D eigenvalue weighted by atomic mass is 10.0. The summed E-state index contributed by atoms with van der Waals surface area (Å²) in [4.78, 5) is 23.2. The summed E-state index contributed by atoms with van der Waals surface area (Å²) in [7, 11) is 0. The molecule has 0 saturated carbocycles. The van der Waals surface area contributed by atoms with E-state index in [2.05, 4.69) is 37.2 Å². The van der Waals surface area contributed by atoms with Crippen molar-refractivity contribution in [3.8, 4) is 0 Å². The third kappa shape index (κ3) is 4.15. The largest absolute Gasteiger partial charge is 0.478 e. The van der Waals surface area contributed by atoms with Gasteiger partial charge in [-0.05, 0) is 45.8 Å². The number of hydrogen-bond acceptors (Lipinski definition) is 2. The fraction of sp³-hybridized carbons (Fsp3) is 0.0667. The Balaban J connectivity index is 2.14. The van der Waals surface area contributed by atoms with Gasteiger partial charge in [-0.3, -0.25) is 4.79 Å². The summed E-state index contributed by atoms with van der Waals surface area (Å²) in [5.41, 5.74) is 1.26. The van der Waals surface area contributed by atoms with Crippen LogP contribution in [-0.2, 0) is 11.2 Å². The molecule has 0 heterocycles. The summed E-state index contributed by atoms with van der Waals surface area (Å²) in [5.74, 6) is -1.31. The number of halogens is 2. The zero-order chi connectivity index (χ0) is 15.4. The Morgan fingerprint density at radius 3 is 2.48 bits per heavy atom. The molecule has 0 aromatic heterocycles. The number of carboxylic acid groups (broad SMARTS) is 1. The number of benzene rings is 2. The lowest BCUT2D eigenvalue weighted by Crippen LogP contribution is -2.16. The fourth-order valence-corrected chi connectivity index (χ4v) is 2.99. The van der Waals surface area contributed by atoms with E-state index in [-0.39, 0.29) is 17.9 Å². The molecule has 0 aliphatic rings. The second-order valence-corrected chi connectivity index (χ2v) is 6.08. The first-order chi connectivity index (χ1) is 9.97. The van der Waals surface area contributed by atoms with Crippen LogP contribution in [0.2, 0.25) is 0 Å². The monoisotopic (exact) mass is 411 g/mol. The number of rotatable bonds is 4. The normalized spacial score (nSPS) is 10.2. The van der Waals surface area contributed by atoms with Crippen LogP contribution in [0, 0.1) is 0 Å². The number of carbonyl (C=O) groups is 2. The zero-order valence-electron chi connectivity index (χ0n) is 10.8. The van der Waals surface area contributed by atoms with Crippen molar-refractivity contribution in [2.24, 2.45) is 0 Å². The Morgan fingerprint density at radius 2 is 1.81 bits per heavy atom. The molecule has 0 aliphatic carbocycles. The second kappa shape index (κ2) is 6.87. The Bertz CT molecular complexity index is 701. The predicted octanol–water partition coefficient (Wildman–Crippen LogP) is 4.09. The Kier molecular flexibility index (Phi) is 5.14. The molecule has 4 nitrogen and oxygen atoms in total. The first-order valence-corrected chi connectivity index (χ1v) is 7.62. The van der Waals surface area contributed by atoms with Crippen LogP contribution in [0.4, 0.5) is 5.69 Å². The molecule has 0 fully saturated rings. The summed E-state index contributed by atoms with van der Waals surface area (Å²) < 4.78 is 1.64. The SMILES string of the molecule is O=C(Cc1ccccc1C(=O)O)Nc1ccc(Br)cc1Br. The highest BCUT2D eigenvalue weighted by atomic mass is 79.9. The van der Waals surface area contributed by atoms with Gasteiger partial charge in [0, 0.05) is 8.95 Å². The van der Waals surface area contributed by atoms with Crippen molar-refractivity contribution in [3.05, 3.63) is 62.5 Å². The highest BCUT2D eigenvalue weighted by Crippen LogP contribution is 2.26. The van der Waals surface area contributed by atoms with E-state index in [1.54, 1.807) is 24.3 Å². The summed E-state index contributed by atoms with van der Waals surface area (Å²) in [6.45, 7) is 0. The molecule has 2 N–H and O–H groups in total. The molecule has 0 atom stereocenters. The number of nitrogens with one attached hydrogen (secondary N) is 1. The number of amides is 1. The average Bonchev–Trinajstić information content (AvgIpc) is 2.42. The van der Waals surface area contributed by atoms with Crippen LogP contribution in [0.3, 0.4) is 0 Å². The fourth-order valence-electron chi connectivity index (χ4n) is 1.84. The molecule has 2 aromatic carbocycles. The zero-order valence-corrected chi connectivity index (χ0v) is 13.9. The highest BCUT2D eigenvalue weighted by Gasteiger charge is 2.13. The third-order valence-electron chi connectivity index (χ3n) is 2.80. The van der Waals surface area contributed by atoms with Crippen molar-refractivity contribution in [2.75, 3.05) is 5.32 Å². The van der Waals surface area contributed by atoms with Crippen LogP contribution in [0.5, 0.6) is 0 Å². The third-order valence-corrected chi connectivity index (χ3v) is 3.95. The summed E-state index contributed by atoms with van der Waals surface area (Å²) in [6.07, 6.45) is 0.00494. The minimum Gasteiger partial charge on any atom is -0.478 e. The van der Waals surface area contributed by atoms with Gasteiger partial charge in [-0.25, -0.2) is 4.79 Å². The van der Waals surface area contributed by atoms with E-state index in [0.717, 1.165) is 8.95 Å². The average molecular weight is 413 g/mol. The number of hydrogen-bond donors (Lipinski definition) is 2. The van der Waals surface area contributed by atoms with Crippen LogP contribution >= 0.6 is 31.9 Å². The van der Waals surface area contributed by atoms with Crippen LogP contribution in [0.1, 0.15) is 15.9 Å². The molecule has 0 bridgehead atoms. The van der Waals surface area contributed by atoms with Crippen molar-refractivity contribution in [1.29, 1.82) is 0 Å². The first-order valence-electron chi connectivity index (χ1n) is 6.03. The molecule has 108 valence electrons. The van der Waals surface area contributed by atoms with Gasteiger partial charge < -0.3 is 10.4 Å². The molecule has 21 heavy (non-hydrogen) atoms. The van der Waals surface area contributed by atoms with Crippen molar-refractivity contribution >= 4 is 49.4 Å². The molecule has 0 radical (unpaired) electrons. The Labute approximate surface area is 138 Å². The van der Waals surface area contributed by atoms with E-state index in [9.17, 15) is 9.59 Å². The number of carbonyl (C=O) groups excluding carboxylic acids is 1. The van der Waals surface area contributed by atoms with Gasteiger partial charge in [0.1, 0.15) is 0 Å². The number of anilines is 1. The van der Waals surface area contributed by atoms with Gasteiger partial charge in [0.2, 0.25) is 5.91 Å². The van der Waals surface area contributed by atoms with Crippen LogP contribution < -0.4 is 5.32 Å². The summed E-state index contributed by atoms with van der Waals surface area (Å²) in [5, 5.41) is 11.9. The molecule has 0 aliphatic heterocycles. The Hall–Kier alpha value is -1.66. The minimum atomic E-state index is -1.04. The van der Waals surface area contributed by atoms with E-state index >= 15 is 0 Å². The van der Waals surface area contributed by atoms with Gasteiger partial charge in [0.15, 0.2) is 0 Å². The molecule has 2 rings (SSSR count). The van der Waals surface area contributed by atoms with Crippen LogP contribution in [-0.4, -0.2) is 17.0 Å². The van der Waals surface area contributed by atoms with Crippen molar-refractivity contribution in [3.63, 3.8) is 0 Å². The number of carboxylic acids is 1. The van der Waals surface area contributed by atoms with E-state index in [4.69, 9.17) is 5.11 Å². The first kappa shape index (κ1) is 15.7. The molecular weight excluding hydrogens is 402 g/mol. The van der Waals surface area contributed by atoms with Crippen LogP contribution in [0.15, 0.2) is 51.4 Å². The molecule has 0 saturated heterocycles. The smallest absolute Gasteiger partial charge is 0.335 e. The molecule has 6 heteroatoms. The van der Waals surface area contributed by atoms with E-state index < -0.39 is 5.97 Å².